The summed E-state index contributed by atoms with van der Waals surface area (Å²) >= 11 is 1.86. The number of hydroxylamine groups is 2. The minimum absolute atomic E-state index is 0.241. The van der Waals surface area contributed by atoms with E-state index in [1.807, 2.05) is 11.3 Å². The Bertz CT molecular complexity index is 876. The molecule has 2 aliphatic heterocycles. The normalized spacial score (nSPS) is 24.4. The van der Waals surface area contributed by atoms with Crippen LogP contribution in [-0.4, -0.2) is 18.2 Å². The second kappa shape index (κ2) is 5.59. The van der Waals surface area contributed by atoms with Crippen molar-refractivity contribution in [3.63, 3.8) is 0 Å². The van der Waals surface area contributed by atoms with E-state index in [2.05, 4.69) is 71.9 Å². The van der Waals surface area contributed by atoms with E-state index in [9.17, 15) is 0 Å². The molecule has 3 atom stereocenters. The minimum atomic E-state index is 0.241. The van der Waals surface area contributed by atoms with Gasteiger partial charge in [0, 0.05) is 22.7 Å². The lowest BCUT2D eigenvalue weighted by Crippen LogP contribution is -2.33. The van der Waals surface area contributed by atoms with Gasteiger partial charge in [-0.25, -0.2) is 0 Å². The van der Waals surface area contributed by atoms with Crippen molar-refractivity contribution in [2.24, 2.45) is 5.92 Å². The van der Waals surface area contributed by atoms with Crippen molar-refractivity contribution in [3.05, 3.63) is 65.7 Å². The van der Waals surface area contributed by atoms with Gasteiger partial charge in [0.1, 0.15) is 0 Å². The molecule has 0 bridgehead atoms. The molecular formula is C20H20N2OS. The maximum atomic E-state index is 6.19. The molecular weight excluding hydrogens is 316 g/mol. The maximum absolute atomic E-state index is 6.19. The van der Waals surface area contributed by atoms with Crippen LogP contribution in [0.2, 0.25) is 0 Å². The average molecular weight is 336 g/mol. The third-order valence-corrected chi connectivity index (χ3v) is 6.42. The minimum Gasteiger partial charge on any atom is -0.376 e. The quantitative estimate of drug-likeness (QED) is 0.713. The molecule has 4 heteroatoms. The molecule has 0 spiro atoms. The molecule has 0 unspecified atom stereocenters. The molecule has 1 N–H and O–H groups in total. The van der Waals surface area contributed by atoms with E-state index in [0.29, 0.717) is 12.0 Å². The van der Waals surface area contributed by atoms with Gasteiger partial charge in [0.15, 0.2) is 0 Å². The van der Waals surface area contributed by atoms with Gasteiger partial charge in [-0.15, -0.1) is 11.3 Å². The van der Waals surface area contributed by atoms with Gasteiger partial charge in [-0.1, -0.05) is 48.5 Å². The average Bonchev–Trinajstić information content (AvgIpc) is 3.22. The van der Waals surface area contributed by atoms with E-state index in [4.69, 9.17) is 4.84 Å². The Kier molecular flexibility index (Phi) is 3.37. The summed E-state index contributed by atoms with van der Waals surface area (Å²) in [6.07, 6.45) is 0. The molecule has 5 rings (SSSR count). The van der Waals surface area contributed by atoms with Crippen LogP contribution in [0.4, 0.5) is 5.00 Å². The first-order chi connectivity index (χ1) is 11.8. The van der Waals surface area contributed by atoms with Crippen molar-refractivity contribution in [1.29, 1.82) is 0 Å². The number of nitrogens with zero attached hydrogens (tertiary/aromatic N) is 1. The summed E-state index contributed by atoms with van der Waals surface area (Å²) in [5, 5.41) is 8.55. The molecule has 3 nitrogen and oxygen atoms in total. The Morgan fingerprint density at radius 1 is 1.12 bits per heavy atom. The van der Waals surface area contributed by atoms with Crippen LogP contribution in [0.1, 0.15) is 30.1 Å². The first-order valence-corrected chi connectivity index (χ1v) is 9.36. The van der Waals surface area contributed by atoms with Crippen molar-refractivity contribution < 1.29 is 4.84 Å². The lowest BCUT2D eigenvalue weighted by Gasteiger charge is -2.34. The number of rotatable bonds is 2. The van der Waals surface area contributed by atoms with Gasteiger partial charge < -0.3 is 5.32 Å². The van der Waals surface area contributed by atoms with E-state index in [0.717, 1.165) is 13.2 Å². The fourth-order valence-corrected chi connectivity index (χ4v) is 5.19. The van der Waals surface area contributed by atoms with Gasteiger partial charge in [-0.05, 0) is 23.9 Å². The fourth-order valence-electron chi connectivity index (χ4n) is 4.04. The van der Waals surface area contributed by atoms with Gasteiger partial charge in [0.05, 0.1) is 23.7 Å². The molecule has 1 aromatic heterocycles. The Morgan fingerprint density at radius 2 is 1.92 bits per heavy atom. The van der Waals surface area contributed by atoms with E-state index in [1.54, 1.807) is 0 Å². The smallest absolute Gasteiger partial charge is 0.0944 e. The highest BCUT2D eigenvalue weighted by atomic mass is 32.1. The van der Waals surface area contributed by atoms with Crippen LogP contribution in [0, 0.1) is 5.92 Å². The third-order valence-electron chi connectivity index (χ3n) is 5.28. The molecule has 0 saturated carbocycles. The molecule has 0 amide bonds. The number of benzene rings is 2. The summed E-state index contributed by atoms with van der Waals surface area (Å²) in [4.78, 5) is 6.19. The molecule has 3 aromatic rings. The van der Waals surface area contributed by atoms with Crippen molar-refractivity contribution in [3.8, 4) is 0 Å². The number of fused-ring (bicyclic) bond motifs is 5. The predicted octanol–water partition coefficient (Wildman–Crippen LogP) is 4.99. The van der Waals surface area contributed by atoms with Gasteiger partial charge >= 0.3 is 0 Å². The summed E-state index contributed by atoms with van der Waals surface area (Å²) < 4.78 is 1.36. The zero-order chi connectivity index (χ0) is 16.1. The summed E-state index contributed by atoms with van der Waals surface area (Å²) in [5.74, 6) is 0.502. The SMILES string of the molecule is C[C@H](c1ccccc1)N1OC[C@H]2CNc3sc4ccccc4c3[C@H]21. The van der Waals surface area contributed by atoms with Crippen molar-refractivity contribution in [2.75, 3.05) is 18.5 Å². The van der Waals surface area contributed by atoms with Crippen molar-refractivity contribution in [1.82, 2.24) is 5.06 Å². The van der Waals surface area contributed by atoms with E-state index >= 15 is 0 Å². The molecule has 2 aromatic carbocycles. The van der Waals surface area contributed by atoms with Gasteiger partial charge in [0.2, 0.25) is 0 Å². The van der Waals surface area contributed by atoms with Gasteiger partial charge in [-0.3, -0.25) is 4.84 Å². The second-order valence-electron chi connectivity index (χ2n) is 6.67. The van der Waals surface area contributed by atoms with Crippen molar-refractivity contribution in [2.45, 2.75) is 19.0 Å². The van der Waals surface area contributed by atoms with Gasteiger partial charge in [-0.2, -0.15) is 5.06 Å². The Hall–Kier alpha value is -1.88. The van der Waals surface area contributed by atoms with Crippen LogP contribution in [-0.2, 0) is 4.84 Å². The molecule has 1 saturated heterocycles. The van der Waals surface area contributed by atoms with Crippen LogP contribution in [0.15, 0.2) is 54.6 Å². The maximum Gasteiger partial charge on any atom is 0.0944 e. The number of thiophene rings is 1. The molecule has 0 radical (unpaired) electrons. The molecule has 122 valence electrons. The molecule has 1 fully saturated rings. The lowest BCUT2D eigenvalue weighted by atomic mass is 9.89. The molecule has 2 aliphatic rings. The highest BCUT2D eigenvalue weighted by molar-refractivity contribution is 7.23. The predicted molar refractivity (Wildman–Crippen MR) is 99.2 cm³/mol. The van der Waals surface area contributed by atoms with Gasteiger partial charge in [0.25, 0.3) is 0 Å². The zero-order valence-corrected chi connectivity index (χ0v) is 14.4. The largest absolute Gasteiger partial charge is 0.376 e. The number of hydrogen-bond acceptors (Lipinski definition) is 4. The highest BCUT2D eigenvalue weighted by Crippen LogP contribution is 2.51. The summed E-state index contributed by atoms with van der Waals surface area (Å²) in [7, 11) is 0. The topological polar surface area (TPSA) is 24.5 Å². The summed E-state index contributed by atoms with van der Waals surface area (Å²) in [6, 6.07) is 20.0. The lowest BCUT2D eigenvalue weighted by molar-refractivity contribution is -0.161. The van der Waals surface area contributed by atoms with E-state index in [1.165, 1.54) is 26.2 Å². The third kappa shape index (κ3) is 2.10. The number of nitrogens with one attached hydrogen (secondary N) is 1. The molecule has 0 aliphatic carbocycles. The Balaban J connectivity index is 1.61. The number of hydrogen-bond donors (Lipinski definition) is 1. The standard InChI is InChI=1S/C20H20N2OS/c1-13(14-7-3-2-4-8-14)22-19-15(12-23-22)11-21-20-18(19)16-9-5-6-10-17(16)24-20/h2-10,13,15,19,21H,11-12H2,1H3/t13-,15-,19+/m1/s1. The fraction of sp³-hybridized carbons (Fsp3) is 0.300. The monoisotopic (exact) mass is 336 g/mol. The first-order valence-electron chi connectivity index (χ1n) is 8.54. The Morgan fingerprint density at radius 3 is 2.79 bits per heavy atom. The van der Waals surface area contributed by atoms with Crippen LogP contribution < -0.4 is 5.32 Å². The zero-order valence-electron chi connectivity index (χ0n) is 13.6. The Labute approximate surface area is 145 Å². The van der Waals surface area contributed by atoms with Crippen molar-refractivity contribution >= 4 is 26.4 Å². The van der Waals surface area contributed by atoms with Crippen LogP contribution in [0.25, 0.3) is 10.1 Å². The molecule has 24 heavy (non-hydrogen) atoms. The van der Waals surface area contributed by atoms with Crippen LogP contribution in [0.5, 0.6) is 0 Å². The van der Waals surface area contributed by atoms with E-state index in [-0.39, 0.29) is 6.04 Å². The van der Waals surface area contributed by atoms with Crippen LogP contribution >= 0.6 is 11.3 Å². The summed E-state index contributed by atoms with van der Waals surface area (Å²) in [6.45, 7) is 4.02. The van der Waals surface area contributed by atoms with E-state index < -0.39 is 0 Å². The highest BCUT2D eigenvalue weighted by Gasteiger charge is 2.44. The summed E-state index contributed by atoms with van der Waals surface area (Å²) in [5.41, 5.74) is 2.73. The van der Waals surface area contributed by atoms with Crippen LogP contribution in [0.3, 0.4) is 0 Å². The second-order valence-corrected chi connectivity index (χ2v) is 7.72. The number of anilines is 1. The first kappa shape index (κ1) is 14.5. The molecule has 3 heterocycles.